The summed E-state index contributed by atoms with van der Waals surface area (Å²) in [4.78, 5) is 10.9. The minimum Gasteiger partial charge on any atom is -0.478 e. The second-order valence-corrected chi connectivity index (χ2v) is 4.26. The monoisotopic (exact) mass is 289 g/mol. The fourth-order valence-electron chi connectivity index (χ4n) is 1.54. The van der Waals surface area contributed by atoms with E-state index in [0.29, 0.717) is 17.1 Å². The summed E-state index contributed by atoms with van der Waals surface area (Å²) in [6.07, 6.45) is 1.42. The van der Waals surface area contributed by atoms with Gasteiger partial charge in [0, 0.05) is 5.56 Å². The first-order valence-corrected chi connectivity index (χ1v) is 5.99. The van der Waals surface area contributed by atoms with Crippen LogP contribution in [0, 0.1) is 0 Å². The summed E-state index contributed by atoms with van der Waals surface area (Å²) < 4.78 is 5.52. The van der Waals surface area contributed by atoms with E-state index in [1.165, 1.54) is 18.3 Å². The molecule has 0 aliphatic carbocycles. The highest BCUT2D eigenvalue weighted by atomic mass is 32.1. The van der Waals surface area contributed by atoms with E-state index in [9.17, 15) is 4.79 Å². The molecule has 0 radical (unpaired) electrons. The van der Waals surface area contributed by atoms with Crippen molar-refractivity contribution in [1.82, 2.24) is 5.43 Å². The summed E-state index contributed by atoms with van der Waals surface area (Å²) in [5.74, 6) is 0.0511. The summed E-state index contributed by atoms with van der Waals surface area (Å²) in [5, 5.41) is 12.8. The van der Waals surface area contributed by atoms with Gasteiger partial charge in [0.25, 0.3) is 0 Å². The Morgan fingerprint density at radius 3 is 2.90 bits per heavy atom. The maximum atomic E-state index is 10.9. The van der Waals surface area contributed by atoms with E-state index in [1.54, 1.807) is 24.3 Å². The van der Waals surface area contributed by atoms with Gasteiger partial charge in [-0.1, -0.05) is 12.1 Å². The van der Waals surface area contributed by atoms with Crippen molar-refractivity contribution in [3.63, 3.8) is 0 Å². The van der Waals surface area contributed by atoms with Gasteiger partial charge in [-0.15, -0.1) is 0 Å². The average Bonchev–Trinajstić information content (AvgIpc) is 2.87. The third kappa shape index (κ3) is 3.42. The van der Waals surface area contributed by atoms with Crippen LogP contribution in [0.15, 0.2) is 45.9 Å². The zero-order valence-electron chi connectivity index (χ0n) is 10.2. The van der Waals surface area contributed by atoms with Crippen LogP contribution in [0.2, 0.25) is 0 Å². The molecule has 0 atom stereocenters. The maximum Gasteiger partial charge on any atom is 0.335 e. The lowest BCUT2D eigenvalue weighted by molar-refractivity contribution is 0.0697. The number of nitrogens with zero attached hydrogens (tertiary/aromatic N) is 1. The molecule has 0 aliphatic heterocycles. The molecule has 0 fully saturated rings. The molecule has 0 bridgehead atoms. The number of nitrogens with one attached hydrogen (secondary N) is 1. The summed E-state index contributed by atoms with van der Waals surface area (Å²) in [6.45, 7) is 0. The van der Waals surface area contributed by atoms with E-state index in [2.05, 4.69) is 22.7 Å². The number of furan rings is 1. The van der Waals surface area contributed by atoms with Gasteiger partial charge in [-0.05, 0) is 36.5 Å². The molecule has 1 aromatic heterocycles. The zero-order valence-corrected chi connectivity index (χ0v) is 11.1. The molecule has 0 unspecified atom stereocenters. The number of rotatable bonds is 4. The highest BCUT2D eigenvalue weighted by molar-refractivity contribution is 7.80. The molecule has 0 amide bonds. The number of hydrazone groups is 1. The summed E-state index contributed by atoms with van der Waals surface area (Å²) in [6, 6.07) is 9.90. The second-order valence-electron chi connectivity index (χ2n) is 3.82. The van der Waals surface area contributed by atoms with E-state index in [4.69, 9.17) is 15.3 Å². The Balaban J connectivity index is 2.20. The molecule has 4 N–H and O–H groups in total. The van der Waals surface area contributed by atoms with Crippen molar-refractivity contribution in [3.05, 3.63) is 47.7 Å². The number of nitrogens with two attached hydrogens (primary N) is 1. The lowest BCUT2D eigenvalue weighted by atomic mass is 10.1. The number of benzene rings is 1. The number of thiocarbonyl (C=S) groups is 1. The van der Waals surface area contributed by atoms with Gasteiger partial charge in [0.15, 0.2) is 5.11 Å². The molecule has 7 heteroatoms. The van der Waals surface area contributed by atoms with Crippen LogP contribution in [-0.2, 0) is 0 Å². The van der Waals surface area contributed by atoms with Crippen molar-refractivity contribution in [3.8, 4) is 11.3 Å². The van der Waals surface area contributed by atoms with Crippen LogP contribution >= 0.6 is 12.2 Å². The lowest BCUT2D eigenvalue weighted by Crippen LogP contribution is -2.23. The smallest absolute Gasteiger partial charge is 0.335 e. The molecule has 0 saturated carbocycles. The SMILES string of the molecule is NC(=S)N/N=C\c1ccc(-c2cccc(C(=O)O)c2)o1. The van der Waals surface area contributed by atoms with Gasteiger partial charge >= 0.3 is 5.97 Å². The molecule has 0 aliphatic rings. The number of hydrogen-bond acceptors (Lipinski definition) is 4. The Morgan fingerprint density at radius 1 is 1.40 bits per heavy atom. The Kier molecular flexibility index (Phi) is 4.11. The number of carboxylic acid groups (broad SMARTS) is 1. The van der Waals surface area contributed by atoms with Crippen molar-refractivity contribution < 1.29 is 14.3 Å². The van der Waals surface area contributed by atoms with E-state index >= 15 is 0 Å². The van der Waals surface area contributed by atoms with Crippen LogP contribution in [0.5, 0.6) is 0 Å². The number of carboxylic acids is 1. The third-order valence-corrected chi connectivity index (χ3v) is 2.48. The van der Waals surface area contributed by atoms with Crippen molar-refractivity contribution in [2.45, 2.75) is 0 Å². The molecular weight excluding hydrogens is 278 g/mol. The molecule has 0 spiro atoms. The lowest BCUT2D eigenvalue weighted by Gasteiger charge is -1.99. The molecular formula is C13H11N3O3S. The maximum absolute atomic E-state index is 10.9. The first-order valence-electron chi connectivity index (χ1n) is 5.58. The number of aromatic carboxylic acids is 1. The molecule has 6 nitrogen and oxygen atoms in total. The average molecular weight is 289 g/mol. The normalized spacial score (nSPS) is 10.6. The molecule has 1 heterocycles. The fraction of sp³-hybridized carbons (Fsp3) is 0. The second kappa shape index (κ2) is 5.98. The van der Waals surface area contributed by atoms with Crippen LogP contribution in [0.25, 0.3) is 11.3 Å². The van der Waals surface area contributed by atoms with E-state index < -0.39 is 5.97 Å². The van der Waals surface area contributed by atoms with Crippen molar-refractivity contribution in [2.75, 3.05) is 0 Å². The van der Waals surface area contributed by atoms with Gasteiger partial charge in [-0.25, -0.2) is 4.79 Å². The van der Waals surface area contributed by atoms with Crippen LogP contribution in [-0.4, -0.2) is 22.4 Å². The third-order valence-electron chi connectivity index (χ3n) is 2.39. The Hall–Kier alpha value is -2.67. The Morgan fingerprint density at radius 2 is 2.20 bits per heavy atom. The van der Waals surface area contributed by atoms with Crippen molar-refractivity contribution >= 4 is 29.5 Å². The predicted octanol–water partition coefficient (Wildman–Crippen LogP) is 1.81. The van der Waals surface area contributed by atoms with E-state index in [0.717, 1.165) is 0 Å². The zero-order chi connectivity index (χ0) is 14.5. The Bertz CT molecular complexity index is 679. The molecule has 2 rings (SSSR count). The first-order chi connectivity index (χ1) is 9.56. The van der Waals surface area contributed by atoms with Crippen molar-refractivity contribution in [1.29, 1.82) is 0 Å². The molecule has 2 aromatic rings. The van der Waals surface area contributed by atoms with Gasteiger partial charge in [0.05, 0.1) is 11.8 Å². The molecule has 20 heavy (non-hydrogen) atoms. The van der Waals surface area contributed by atoms with Gasteiger partial charge in [0.1, 0.15) is 11.5 Å². The molecule has 1 aromatic carbocycles. The van der Waals surface area contributed by atoms with Gasteiger partial charge in [-0.2, -0.15) is 5.10 Å². The number of carbonyl (C=O) groups is 1. The van der Waals surface area contributed by atoms with Gasteiger partial charge < -0.3 is 15.3 Å². The van der Waals surface area contributed by atoms with Crippen LogP contribution < -0.4 is 11.2 Å². The summed E-state index contributed by atoms with van der Waals surface area (Å²) in [7, 11) is 0. The van der Waals surface area contributed by atoms with Crippen molar-refractivity contribution in [2.24, 2.45) is 10.8 Å². The summed E-state index contributed by atoms with van der Waals surface area (Å²) in [5.41, 5.74) is 8.50. The molecule has 0 saturated heterocycles. The quantitative estimate of drug-likeness (QED) is 0.451. The minimum absolute atomic E-state index is 0.0576. The number of hydrogen-bond donors (Lipinski definition) is 3. The van der Waals surface area contributed by atoms with Crippen LogP contribution in [0.4, 0.5) is 0 Å². The van der Waals surface area contributed by atoms with Gasteiger partial charge in [-0.3, -0.25) is 5.43 Å². The predicted molar refractivity (Wildman–Crippen MR) is 78.6 cm³/mol. The first kappa shape index (κ1) is 13.8. The Labute approximate surface area is 119 Å². The highest BCUT2D eigenvalue weighted by Crippen LogP contribution is 2.22. The standard InChI is InChI=1S/C13H11N3O3S/c14-13(20)16-15-7-10-4-5-11(19-10)8-2-1-3-9(6-8)12(17)18/h1-7H,(H,17,18)(H3,14,16,20)/b15-7-. The molecule has 102 valence electrons. The van der Waals surface area contributed by atoms with E-state index in [1.807, 2.05) is 0 Å². The van der Waals surface area contributed by atoms with Crippen LogP contribution in [0.3, 0.4) is 0 Å². The van der Waals surface area contributed by atoms with E-state index in [-0.39, 0.29) is 10.7 Å². The largest absolute Gasteiger partial charge is 0.478 e. The topological polar surface area (TPSA) is 101 Å². The fourth-order valence-corrected chi connectivity index (χ4v) is 1.60. The highest BCUT2D eigenvalue weighted by Gasteiger charge is 2.07. The van der Waals surface area contributed by atoms with Crippen LogP contribution in [0.1, 0.15) is 16.1 Å². The minimum atomic E-state index is -0.985. The van der Waals surface area contributed by atoms with Gasteiger partial charge in [0.2, 0.25) is 0 Å². The summed E-state index contributed by atoms with van der Waals surface area (Å²) >= 11 is 4.60.